The predicted molar refractivity (Wildman–Crippen MR) is 90.8 cm³/mol. The highest BCUT2D eigenvalue weighted by molar-refractivity contribution is 7.21. The molecule has 1 atom stereocenters. The van der Waals surface area contributed by atoms with Crippen molar-refractivity contribution in [3.63, 3.8) is 0 Å². The van der Waals surface area contributed by atoms with Crippen molar-refractivity contribution in [1.82, 2.24) is 4.90 Å². The van der Waals surface area contributed by atoms with Gasteiger partial charge in [-0.15, -0.1) is 11.3 Å². The van der Waals surface area contributed by atoms with Gasteiger partial charge in [0, 0.05) is 17.8 Å². The number of nitrogens with zero attached hydrogens (tertiary/aromatic N) is 1. The highest BCUT2D eigenvalue weighted by atomic mass is 32.1. The van der Waals surface area contributed by atoms with E-state index in [4.69, 9.17) is 10.5 Å². The topological polar surface area (TPSA) is 55.6 Å². The summed E-state index contributed by atoms with van der Waals surface area (Å²) in [6.45, 7) is 6.34. The van der Waals surface area contributed by atoms with Gasteiger partial charge in [-0.05, 0) is 54.5 Å². The number of rotatable bonds is 3. The number of benzene rings is 1. The molecule has 4 nitrogen and oxygen atoms in total. The Morgan fingerprint density at radius 1 is 1.50 bits per heavy atom. The van der Waals surface area contributed by atoms with E-state index >= 15 is 0 Å². The second-order valence-corrected chi connectivity index (χ2v) is 7.46. The zero-order valence-corrected chi connectivity index (χ0v) is 14.1. The van der Waals surface area contributed by atoms with Gasteiger partial charge < -0.3 is 15.4 Å². The Bertz CT molecular complexity index is 725. The van der Waals surface area contributed by atoms with Crippen LogP contribution in [0.3, 0.4) is 0 Å². The second-order valence-electron chi connectivity index (χ2n) is 6.41. The number of hydrogen-bond acceptors (Lipinski definition) is 4. The van der Waals surface area contributed by atoms with Crippen molar-refractivity contribution in [3.8, 4) is 5.75 Å². The molecule has 1 saturated heterocycles. The van der Waals surface area contributed by atoms with Crippen molar-refractivity contribution in [1.29, 1.82) is 0 Å². The van der Waals surface area contributed by atoms with E-state index in [9.17, 15) is 4.79 Å². The third-order valence-corrected chi connectivity index (χ3v) is 5.94. The van der Waals surface area contributed by atoms with E-state index in [1.54, 1.807) is 18.4 Å². The number of carbonyl (C=O) groups is 1. The number of aryl methyl sites for hydroxylation is 1. The lowest BCUT2D eigenvalue weighted by atomic mass is 9.90. The monoisotopic (exact) mass is 318 g/mol. The van der Waals surface area contributed by atoms with Gasteiger partial charge in [-0.3, -0.25) is 4.79 Å². The molecule has 5 heteroatoms. The maximum Gasteiger partial charge on any atom is 0.264 e. The molecule has 2 N–H and O–H groups in total. The molecule has 2 aromatic rings. The summed E-state index contributed by atoms with van der Waals surface area (Å²) in [7, 11) is 1.66. The zero-order chi connectivity index (χ0) is 15.9. The number of fused-ring (bicyclic) bond motifs is 1. The number of ether oxygens (including phenoxy) is 1. The first kappa shape index (κ1) is 15.3. The van der Waals surface area contributed by atoms with Gasteiger partial charge in [0.05, 0.1) is 12.0 Å². The van der Waals surface area contributed by atoms with E-state index in [0.29, 0.717) is 6.54 Å². The normalized spacial score (nSPS) is 21.5. The summed E-state index contributed by atoms with van der Waals surface area (Å²) in [4.78, 5) is 15.6. The first-order valence-electron chi connectivity index (χ1n) is 7.54. The van der Waals surface area contributed by atoms with E-state index in [1.807, 2.05) is 30.0 Å². The fourth-order valence-corrected chi connectivity index (χ4v) is 4.20. The van der Waals surface area contributed by atoms with E-state index in [0.717, 1.165) is 45.8 Å². The van der Waals surface area contributed by atoms with Gasteiger partial charge in [-0.25, -0.2) is 0 Å². The molecule has 1 aromatic carbocycles. The Morgan fingerprint density at radius 2 is 2.27 bits per heavy atom. The number of amides is 1. The van der Waals surface area contributed by atoms with Crippen molar-refractivity contribution in [2.24, 2.45) is 11.1 Å². The highest BCUT2D eigenvalue weighted by Crippen LogP contribution is 2.36. The lowest BCUT2D eigenvalue weighted by Crippen LogP contribution is -2.34. The molecule has 2 heterocycles. The van der Waals surface area contributed by atoms with Crippen LogP contribution >= 0.6 is 11.3 Å². The summed E-state index contributed by atoms with van der Waals surface area (Å²) in [5.41, 5.74) is 6.95. The van der Waals surface area contributed by atoms with E-state index in [1.165, 1.54) is 0 Å². The fourth-order valence-electron chi connectivity index (χ4n) is 3.04. The van der Waals surface area contributed by atoms with Gasteiger partial charge >= 0.3 is 0 Å². The molecule has 0 bridgehead atoms. The largest absolute Gasteiger partial charge is 0.497 e. The Hall–Kier alpha value is -1.59. The molecule has 0 aliphatic carbocycles. The van der Waals surface area contributed by atoms with Gasteiger partial charge in [0.15, 0.2) is 0 Å². The van der Waals surface area contributed by atoms with Crippen LogP contribution in [0.2, 0.25) is 0 Å². The molecule has 22 heavy (non-hydrogen) atoms. The first-order valence-corrected chi connectivity index (χ1v) is 8.35. The van der Waals surface area contributed by atoms with Crippen LogP contribution in [-0.4, -0.2) is 37.6 Å². The van der Waals surface area contributed by atoms with Crippen LogP contribution in [-0.2, 0) is 0 Å². The smallest absolute Gasteiger partial charge is 0.264 e. The Morgan fingerprint density at radius 3 is 2.91 bits per heavy atom. The van der Waals surface area contributed by atoms with Crippen LogP contribution in [0.4, 0.5) is 0 Å². The van der Waals surface area contributed by atoms with Crippen LogP contribution in [0, 0.1) is 12.3 Å². The van der Waals surface area contributed by atoms with E-state index in [2.05, 4.69) is 6.92 Å². The Balaban J connectivity index is 1.93. The SMILES string of the molecule is COc1ccc2sc(C(=O)N3CCC(C)(CN)C3)c(C)c2c1. The van der Waals surface area contributed by atoms with Crippen LogP contribution in [0.15, 0.2) is 18.2 Å². The number of thiophene rings is 1. The van der Waals surface area contributed by atoms with Gasteiger partial charge in [-0.1, -0.05) is 6.92 Å². The summed E-state index contributed by atoms with van der Waals surface area (Å²) in [5, 5.41) is 1.11. The number of likely N-dealkylation sites (tertiary alicyclic amines) is 1. The average molecular weight is 318 g/mol. The fraction of sp³-hybridized carbons (Fsp3) is 0.471. The van der Waals surface area contributed by atoms with Crippen molar-refractivity contribution in [2.75, 3.05) is 26.7 Å². The molecule has 118 valence electrons. The van der Waals surface area contributed by atoms with Crippen molar-refractivity contribution in [2.45, 2.75) is 20.3 Å². The van der Waals surface area contributed by atoms with Crippen molar-refractivity contribution >= 4 is 27.3 Å². The molecule has 0 radical (unpaired) electrons. The molecule has 1 fully saturated rings. The van der Waals surface area contributed by atoms with Gasteiger partial charge in [-0.2, -0.15) is 0 Å². The highest BCUT2D eigenvalue weighted by Gasteiger charge is 2.36. The maximum atomic E-state index is 12.9. The molecule has 1 aliphatic rings. The first-order chi connectivity index (χ1) is 10.5. The molecule has 1 unspecified atom stereocenters. The van der Waals surface area contributed by atoms with Gasteiger partial charge in [0.2, 0.25) is 0 Å². The lowest BCUT2D eigenvalue weighted by molar-refractivity contribution is 0.0781. The molecule has 1 aliphatic heterocycles. The molecular formula is C17H22N2O2S. The molecule has 3 rings (SSSR count). The van der Waals surface area contributed by atoms with Crippen LogP contribution in [0.25, 0.3) is 10.1 Å². The second kappa shape index (κ2) is 5.56. The number of nitrogens with two attached hydrogens (primary N) is 1. The third-order valence-electron chi connectivity index (χ3n) is 4.68. The van der Waals surface area contributed by atoms with Crippen molar-refractivity contribution < 1.29 is 9.53 Å². The predicted octanol–water partition coefficient (Wildman–Crippen LogP) is 3.03. The van der Waals surface area contributed by atoms with Gasteiger partial charge in [0.1, 0.15) is 5.75 Å². The molecule has 0 spiro atoms. The minimum absolute atomic E-state index is 0.0590. The summed E-state index contributed by atoms with van der Waals surface area (Å²) in [6.07, 6.45) is 0.979. The molecule has 1 aromatic heterocycles. The quantitative estimate of drug-likeness (QED) is 0.946. The van der Waals surface area contributed by atoms with Crippen LogP contribution < -0.4 is 10.5 Å². The Labute approximate surface area is 134 Å². The summed E-state index contributed by atoms with van der Waals surface area (Å²) in [5.74, 6) is 0.958. The molecular weight excluding hydrogens is 296 g/mol. The van der Waals surface area contributed by atoms with Crippen LogP contribution in [0.5, 0.6) is 5.75 Å². The minimum atomic E-state index is 0.0590. The number of methoxy groups -OCH3 is 1. The van der Waals surface area contributed by atoms with Crippen molar-refractivity contribution in [3.05, 3.63) is 28.6 Å². The van der Waals surface area contributed by atoms with Crippen LogP contribution in [0.1, 0.15) is 28.6 Å². The molecule has 1 amide bonds. The van der Waals surface area contributed by atoms with E-state index < -0.39 is 0 Å². The zero-order valence-electron chi connectivity index (χ0n) is 13.3. The lowest BCUT2D eigenvalue weighted by Gasteiger charge is -2.22. The summed E-state index contributed by atoms with van der Waals surface area (Å²) < 4.78 is 6.41. The maximum absolute atomic E-state index is 12.9. The summed E-state index contributed by atoms with van der Waals surface area (Å²) in [6, 6.07) is 5.97. The number of hydrogen-bond donors (Lipinski definition) is 1. The van der Waals surface area contributed by atoms with E-state index in [-0.39, 0.29) is 11.3 Å². The number of carbonyl (C=O) groups excluding carboxylic acids is 1. The standard InChI is InChI=1S/C17H22N2O2S/c1-11-13-8-12(21-3)4-5-14(13)22-15(11)16(20)19-7-6-17(2,9-18)10-19/h4-5,8H,6-7,9-10,18H2,1-3H3. The third kappa shape index (κ3) is 2.48. The minimum Gasteiger partial charge on any atom is -0.497 e. The Kier molecular flexibility index (Phi) is 3.87. The van der Waals surface area contributed by atoms with Gasteiger partial charge in [0.25, 0.3) is 5.91 Å². The molecule has 0 saturated carbocycles. The summed E-state index contributed by atoms with van der Waals surface area (Å²) >= 11 is 1.57. The average Bonchev–Trinajstić information content (AvgIpc) is 3.08.